The Balaban J connectivity index is 2.07. The maximum absolute atomic E-state index is 12.6. The van der Waals surface area contributed by atoms with Crippen LogP contribution in [0.15, 0.2) is 24.3 Å². The number of hydrogen-bond donors (Lipinski definition) is 0. The summed E-state index contributed by atoms with van der Waals surface area (Å²) < 4.78 is 2.01. The summed E-state index contributed by atoms with van der Waals surface area (Å²) in [5, 5.41) is 5.28. The molecule has 2 aromatic rings. The van der Waals surface area contributed by atoms with E-state index in [-0.39, 0.29) is 5.91 Å². The van der Waals surface area contributed by atoms with Gasteiger partial charge in [0, 0.05) is 36.4 Å². The van der Waals surface area contributed by atoms with Crippen LogP contribution in [-0.4, -0.2) is 27.6 Å². The Kier molecular flexibility index (Phi) is 6.05. The van der Waals surface area contributed by atoms with Gasteiger partial charge >= 0.3 is 0 Å². The molecule has 0 atom stereocenters. The third kappa shape index (κ3) is 4.60. The highest BCUT2D eigenvalue weighted by molar-refractivity contribution is 6.30. The summed E-state index contributed by atoms with van der Waals surface area (Å²) in [7, 11) is 1.83. The van der Waals surface area contributed by atoms with Gasteiger partial charge in [-0.2, -0.15) is 5.10 Å². The number of aryl methyl sites for hydroxylation is 1. The summed E-state index contributed by atoms with van der Waals surface area (Å²) in [4.78, 5) is 14.3. The number of aromatic nitrogens is 2. The van der Waals surface area contributed by atoms with Crippen LogP contribution in [0.3, 0.4) is 0 Å². The van der Waals surface area contributed by atoms with E-state index in [1.165, 1.54) is 0 Å². The lowest BCUT2D eigenvalue weighted by Crippen LogP contribution is -2.28. The highest BCUT2D eigenvalue weighted by atomic mass is 35.5. The molecular formula is C19H26ClN3O. The van der Waals surface area contributed by atoms with Crippen LogP contribution < -0.4 is 0 Å². The third-order valence-electron chi connectivity index (χ3n) is 4.13. The molecule has 0 saturated heterocycles. The summed E-state index contributed by atoms with van der Waals surface area (Å²) in [6, 6.07) is 7.61. The normalized spacial score (nSPS) is 11.1. The standard InChI is InChI=1S/C19H26ClN3O/c1-13(2)11-23-15(4)18(14(3)21-23)10-19(24)22(5)12-16-7-6-8-17(20)9-16/h6-9,13H,10-12H2,1-5H3. The minimum absolute atomic E-state index is 0.0882. The molecule has 0 radical (unpaired) electrons. The Hall–Kier alpha value is -1.81. The van der Waals surface area contributed by atoms with Gasteiger partial charge < -0.3 is 4.90 Å². The first-order chi connectivity index (χ1) is 11.3. The number of nitrogens with zero attached hydrogens (tertiary/aromatic N) is 3. The number of hydrogen-bond acceptors (Lipinski definition) is 2. The molecule has 2 rings (SSSR count). The van der Waals surface area contributed by atoms with E-state index in [1.807, 2.05) is 49.8 Å². The predicted molar refractivity (Wildman–Crippen MR) is 98.2 cm³/mol. The van der Waals surface area contributed by atoms with E-state index in [9.17, 15) is 4.79 Å². The first-order valence-corrected chi connectivity index (χ1v) is 8.67. The minimum Gasteiger partial charge on any atom is -0.341 e. The maximum atomic E-state index is 12.6. The lowest BCUT2D eigenvalue weighted by molar-refractivity contribution is -0.129. The fourth-order valence-corrected chi connectivity index (χ4v) is 3.01. The molecule has 0 unspecified atom stereocenters. The lowest BCUT2D eigenvalue weighted by atomic mass is 10.1. The van der Waals surface area contributed by atoms with Gasteiger partial charge in [-0.1, -0.05) is 37.6 Å². The number of benzene rings is 1. The molecule has 0 aliphatic carbocycles. The van der Waals surface area contributed by atoms with Crippen LogP contribution in [0.2, 0.25) is 5.02 Å². The molecule has 1 heterocycles. The number of halogens is 1. The molecule has 0 fully saturated rings. The second kappa shape index (κ2) is 7.84. The highest BCUT2D eigenvalue weighted by Gasteiger charge is 2.18. The molecule has 1 aromatic heterocycles. The summed E-state index contributed by atoms with van der Waals surface area (Å²) in [6.45, 7) is 9.78. The van der Waals surface area contributed by atoms with Crippen molar-refractivity contribution in [3.8, 4) is 0 Å². The summed E-state index contributed by atoms with van der Waals surface area (Å²) >= 11 is 6.01. The maximum Gasteiger partial charge on any atom is 0.227 e. The zero-order valence-electron chi connectivity index (χ0n) is 15.1. The predicted octanol–water partition coefficient (Wildman–Crippen LogP) is 4.01. The van der Waals surface area contributed by atoms with Crippen molar-refractivity contribution < 1.29 is 4.79 Å². The molecule has 24 heavy (non-hydrogen) atoms. The largest absolute Gasteiger partial charge is 0.341 e. The van der Waals surface area contributed by atoms with Gasteiger partial charge in [-0.05, 0) is 37.5 Å². The Morgan fingerprint density at radius 2 is 2.04 bits per heavy atom. The van der Waals surface area contributed by atoms with Crippen LogP contribution in [0.4, 0.5) is 0 Å². The molecule has 0 aliphatic rings. The van der Waals surface area contributed by atoms with E-state index in [0.29, 0.717) is 23.9 Å². The molecular weight excluding hydrogens is 322 g/mol. The molecule has 5 heteroatoms. The molecule has 0 saturated carbocycles. The first kappa shape index (κ1) is 18.5. The lowest BCUT2D eigenvalue weighted by Gasteiger charge is -2.17. The minimum atomic E-state index is 0.0882. The van der Waals surface area contributed by atoms with E-state index in [0.717, 1.165) is 29.1 Å². The Morgan fingerprint density at radius 3 is 2.67 bits per heavy atom. The topological polar surface area (TPSA) is 38.1 Å². The summed E-state index contributed by atoms with van der Waals surface area (Å²) in [5.41, 5.74) is 4.10. The van der Waals surface area contributed by atoms with Crippen molar-refractivity contribution in [2.75, 3.05) is 7.05 Å². The van der Waals surface area contributed by atoms with E-state index in [4.69, 9.17) is 11.6 Å². The van der Waals surface area contributed by atoms with Gasteiger partial charge in [0.05, 0.1) is 12.1 Å². The molecule has 0 bridgehead atoms. The van der Waals surface area contributed by atoms with Crippen molar-refractivity contribution in [3.63, 3.8) is 0 Å². The van der Waals surface area contributed by atoms with Gasteiger partial charge in [-0.25, -0.2) is 0 Å². The second-order valence-electron chi connectivity index (χ2n) is 6.78. The van der Waals surface area contributed by atoms with Gasteiger partial charge in [0.15, 0.2) is 0 Å². The monoisotopic (exact) mass is 347 g/mol. The van der Waals surface area contributed by atoms with Gasteiger partial charge in [0.2, 0.25) is 5.91 Å². The number of likely N-dealkylation sites (N-methyl/N-ethyl adjacent to an activating group) is 1. The molecule has 4 nitrogen and oxygen atoms in total. The molecule has 0 N–H and O–H groups in total. The summed E-state index contributed by atoms with van der Waals surface area (Å²) in [6.07, 6.45) is 0.382. The molecule has 0 aliphatic heterocycles. The number of amides is 1. The van der Waals surface area contributed by atoms with Crippen molar-refractivity contribution in [2.45, 2.75) is 47.2 Å². The SMILES string of the molecule is Cc1nn(CC(C)C)c(C)c1CC(=O)N(C)Cc1cccc(Cl)c1. The van der Waals surface area contributed by atoms with Crippen LogP contribution in [0, 0.1) is 19.8 Å². The molecule has 1 amide bonds. The Labute approximate surface area is 149 Å². The van der Waals surface area contributed by atoms with Crippen LogP contribution in [0.1, 0.15) is 36.4 Å². The van der Waals surface area contributed by atoms with Crippen molar-refractivity contribution >= 4 is 17.5 Å². The highest BCUT2D eigenvalue weighted by Crippen LogP contribution is 2.17. The van der Waals surface area contributed by atoms with Crippen LogP contribution >= 0.6 is 11.6 Å². The summed E-state index contributed by atoms with van der Waals surface area (Å²) in [5.74, 6) is 0.613. The second-order valence-corrected chi connectivity index (χ2v) is 7.22. The molecule has 0 spiro atoms. The smallest absolute Gasteiger partial charge is 0.227 e. The average Bonchev–Trinajstić information content (AvgIpc) is 2.74. The van der Waals surface area contributed by atoms with Crippen LogP contribution in [0.25, 0.3) is 0 Å². The Bertz CT molecular complexity index is 721. The van der Waals surface area contributed by atoms with Crippen molar-refractivity contribution in [1.82, 2.24) is 14.7 Å². The van der Waals surface area contributed by atoms with E-state index < -0.39 is 0 Å². The zero-order chi connectivity index (χ0) is 17.9. The van der Waals surface area contributed by atoms with E-state index in [2.05, 4.69) is 18.9 Å². The van der Waals surface area contributed by atoms with E-state index >= 15 is 0 Å². The third-order valence-corrected chi connectivity index (χ3v) is 4.37. The van der Waals surface area contributed by atoms with Crippen molar-refractivity contribution in [2.24, 2.45) is 5.92 Å². The van der Waals surface area contributed by atoms with Gasteiger partial charge in [-0.3, -0.25) is 9.48 Å². The van der Waals surface area contributed by atoms with Gasteiger partial charge in [0.1, 0.15) is 0 Å². The quantitative estimate of drug-likeness (QED) is 0.791. The fourth-order valence-electron chi connectivity index (χ4n) is 2.80. The Morgan fingerprint density at radius 1 is 1.33 bits per heavy atom. The van der Waals surface area contributed by atoms with E-state index in [1.54, 1.807) is 4.90 Å². The van der Waals surface area contributed by atoms with Gasteiger partial charge in [0.25, 0.3) is 0 Å². The van der Waals surface area contributed by atoms with Crippen LogP contribution in [0.5, 0.6) is 0 Å². The number of carbonyl (C=O) groups is 1. The van der Waals surface area contributed by atoms with Crippen LogP contribution in [-0.2, 0) is 24.3 Å². The molecule has 130 valence electrons. The van der Waals surface area contributed by atoms with Crippen molar-refractivity contribution in [1.29, 1.82) is 0 Å². The molecule has 1 aromatic carbocycles. The van der Waals surface area contributed by atoms with Crippen molar-refractivity contribution in [3.05, 3.63) is 51.8 Å². The fraction of sp³-hybridized carbons (Fsp3) is 0.474. The number of rotatable bonds is 6. The number of carbonyl (C=O) groups excluding carboxylic acids is 1. The first-order valence-electron chi connectivity index (χ1n) is 8.29. The zero-order valence-corrected chi connectivity index (χ0v) is 15.9. The average molecular weight is 348 g/mol. The van der Waals surface area contributed by atoms with Gasteiger partial charge in [-0.15, -0.1) is 0 Å².